The number of imidazole rings is 1. The average molecular weight is 249 g/mol. The third-order valence-corrected chi connectivity index (χ3v) is 3.55. The summed E-state index contributed by atoms with van der Waals surface area (Å²) in [6.45, 7) is 0.444. The molecule has 0 bridgehead atoms. The summed E-state index contributed by atoms with van der Waals surface area (Å²) in [6, 6.07) is 0. The van der Waals surface area contributed by atoms with Gasteiger partial charge in [-0.05, 0) is 18.3 Å². The van der Waals surface area contributed by atoms with E-state index in [0.29, 0.717) is 29.1 Å². The van der Waals surface area contributed by atoms with Crippen LogP contribution in [0.4, 0.5) is 0 Å². The molecule has 3 unspecified atom stereocenters. The largest absolute Gasteiger partial charge is 0.394 e. The molecule has 1 aliphatic rings. The number of aliphatic hydroxyl groups excluding tert-OH is 2. The van der Waals surface area contributed by atoms with Gasteiger partial charge in [0.05, 0.1) is 25.4 Å². The average Bonchev–Trinajstić information content (AvgIpc) is 2.97. The third-order valence-electron chi connectivity index (χ3n) is 3.55. The lowest BCUT2D eigenvalue weighted by molar-refractivity contribution is 0.0727. The summed E-state index contributed by atoms with van der Waals surface area (Å²) in [5.41, 5.74) is 1.51. The second kappa shape index (κ2) is 4.18. The molecule has 2 heterocycles. The molecule has 96 valence electrons. The first-order valence-electron chi connectivity index (χ1n) is 5.92. The van der Waals surface area contributed by atoms with Gasteiger partial charge in [0, 0.05) is 6.54 Å². The van der Waals surface area contributed by atoms with Crippen molar-refractivity contribution < 1.29 is 10.2 Å². The molecule has 3 rings (SSSR count). The van der Waals surface area contributed by atoms with Crippen molar-refractivity contribution >= 4 is 11.2 Å². The van der Waals surface area contributed by atoms with Gasteiger partial charge in [0.15, 0.2) is 11.1 Å². The number of aromatic nitrogens is 4. The lowest BCUT2D eigenvalue weighted by Gasteiger charge is -2.08. The number of hydrogen-bond donors (Lipinski definition) is 4. The highest BCUT2D eigenvalue weighted by Crippen LogP contribution is 2.42. The predicted molar refractivity (Wildman–Crippen MR) is 62.4 cm³/mol. The first kappa shape index (κ1) is 11.4. The van der Waals surface area contributed by atoms with E-state index >= 15 is 0 Å². The summed E-state index contributed by atoms with van der Waals surface area (Å²) in [5.74, 6) is 0.447. The molecule has 2 aromatic rings. The van der Waals surface area contributed by atoms with Crippen LogP contribution in [0, 0.1) is 17.2 Å². The smallest absolute Gasteiger partial charge is 0.182 e. The number of fused-ring (bicyclic) bond motifs is 1. The lowest BCUT2D eigenvalue weighted by atomic mass is 10.2. The van der Waals surface area contributed by atoms with Crippen molar-refractivity contribution in [2.24, 2.45) is 11.8 Å². The maximum atomic E-state index is 9.52. The third kappa shape index (κ3) is 1.81. The van der Waals surface area contributed by atoms with Crippen molar-refractivity contribution in [1.82, 2.24) is 19.5 Å². The monoisotopic (exact) mass is 249 g/mol. The Labute approximate surface area is 103 Å². The van der Waals surface area contributed by atoms with E-state index in [9.17, 15) is 5.11 Å². The summed E-state index contributed by atoms with van der Waals surface area (Å²) in [5, 5.41) is 26.4. The summed E-state index contributed by atoms with van der Waals surface area (Å²) >= 11 is 0. The Morgan fingerprint density at radius 2 is 2.39 bits per heavy atom. The van der Waals surface area contributed by atoms with Crippen LogP contribution >= 0.6 is 0 Å². The summed E-state index contributed by atoms with van der Waals surface area (Å²) in [4.78, 5) is 11.1. The molecule has 1 aliphatic carbocycles. The summed E-state index contributed by atoms with van der Waals surface area (Å²) in [6.07, 6.45) is 3.37. The minimum Gasteiger partial charge on any atom is -0.394 e. The van der Waals surface area contributed by atoms with Crippen LogP contribution in [-0.2, 0) is 6.54 Å². The molecule has 18 heavy (non-hydrogen) atoms. The number of nitrogens with zero attached hydrogens (tertiary/aromatic N) is 3. The van der Waals surface area contributed by atoms with Crippen LogP contribution in [0.15, 0.2) is 12.7 Å². The van der Waals surface area contributed by atoms with Crippen LogP contribution < -0.4 is 5.49 Å². The maximum absolute atomic E-state index is 9.52. The van der Waals surface area contributed by atoms with Crippen LogP contribution in [0.5, 0.6) is 0 Å². The van der Waals surface area contributed by atoms with E-state index in [1.165, 1.54) is 6.33 Å². The molecule has 0 amide bonds. The molecular formula is C11H15N5O2. The zero-order valence-corrected chi connectivity index (χ0v) is 9.74. The zero-order valence-electron chi connectivity index (χ0n) is 9.74. The Balaban J connectivity index is 1.80. The van der Waals surface area contributed by atoms with Crippen LogP contribution in [-0.4, -0.2) is 42.4 Å². The van der Waals surface area contributed by atoms with Gasteiger partial charge in [-0.2, -0.15) is 0 Å². The minimum atomic E-state index is -0.645. The van der Waals surface area contributed by atoms with Gasteiger partial charge >= 0.3 is 0 Å². The Morgan fingerprint density at radius 1 is 1.56 bits per heavy atom. The van der Waals surface area contributed by atoms with Crippen LogP contribution in [0.25, 0.3) is 11.2 Å². The molecule has 7 nitrogen and oxygen atoms in total. The Bertz CT molecular complexity index is 619. The quantitative estimate of drug-likeness (QED) is 0.570. The molecule has 4 N–H and O–H groups in total. The number of hydrogen-bond acceptors (Lipinski definition) is 5. The minimum absolute atomic E-state index is 0.138. The number of nitrogens with one attached hydrogen (secondary N) is 2. The first-order chi connectivity index (χ1) is 8.70. The van der Waals surface area contributed by atoms with E-state index in [4.69, 9.17) is 10.5 Å². The molecule has 0 aromatic carbocycles. The number of aliphatic hydroxyl groups is 2. The predicted octanol–water partition coefficient (Wildman–Crippen LogP) is -0.772. The molecule has 1 saturated carbocycles. The highest BCUT2D eigenvalue weighted by molar-refractivity contribution is 5.67. The normalized spacial score (nSPS) is 24.3. The molecule has 3 atom stereocenters. The van der Waals surface area contributed by atoms with Crippen molar-refractivity contribution in [2.45, 2.75) is 19.1 Å². The van der Waals surface area contributed by atoms with E-state index in [0.717, 1.165) is 6.42 Å². The molecule has 7 heteroatoms. The molecule has 1 fully saturated rings. The summed E-state index contributed by atoms with van der Waals surface area (Å²) in [7, 11) is 0. The van der Waals surface area contributed by atoms with Crippen molar-refractivity contribution in [1.29, 1.82) is 5.41 Å². The highest BCUT2D eigenvalue weighted by Gasteiger charge is 2.42. The van der Waals surface area contributed by atoms with E-state index in [1.54, 1.807) is 10.9 Å². The lowest BCUT2D eigenvalue weighted by Crippen LogP contribution is -2.23. The Hall–Kier alpha value is -1.73. The first-order valence-corrected chi connectivity index (χ1v) is 5.92. The van der Waals surface area contributed by atoms with E-state index in [1.807, 2.05) is 0 Å². The molecule has 0 spiro atoms. The van der Waals surface area contributed by atoms with Crippen LogP contribution in [0.3, 0.4) is 0 Å². The second-order valence-corrected chi connectivity index (χ2v) is 4.76. The SMILES string of the molecule is N=c1c2[nH]cnc2ncn1CC1CC1C(O)CO. The van der Waals surface area contributed by atoms with Crippen molar-refractivity contribution in [2.75, 3.05) is 6.61 Å². The Kier molecular flexibility index (Phi) is 2.64. The summed E-state index contributed by atoms with van der Waals surface area (Å²) < 4.78 is 1.75. The van der Waals surface area contributed by atoms with Crippen LogP contribution in [0.2, 0.25) is 0 Å². The number of rotatable bonds is 4. The number of H-pyrrole nitrogens is 1. The zero-order chi connectivity index (χ0) is 12.7. The van der Waals surface area contributed by atoms with Gasteiger partial charge in [-0.1, -0.05) is 0 Å². The van der Waals surface area contributed by atoms with E-state index in [2.05, 4.69) is 15.0 Å². The van der Waals surface area contributed by atoms with Gasteiger partial charge in [0.1, 0.15) is 5.52 Å². The number of aromatic amines is 1. The molecule has 0 aliphatic heterocycles. The molecule has 0 radical (unpaired) electrons. The Morgan fingerprint density at radius 3 is 3.17 bits per heavy atom. The van der Waals surface area contributed by atoms with Gasteiger partial charge in [-0.25, -0.2) is 9.97 Å². The van der Waals surface area contributed by atoms with Crippen molar-refractivity contribution in [3.05, 3.63) is 18.1 Å². The van der Waals surface area contributed by atoms with Gasteiger partial charge < -0.3 is 19.8 Å². The van der Waals surface area contributed by atoms with Crippen LogP contribution in [0.1, 0.15) is 6.42 Å². The van der Waals surface area contributed by atoms with Crippen molar-refractivity contribution in [3.8, 4) is 0 Å². The molecule has 0 saturated heterocycles. The van der Waals surface area contributed by atoms with Gasteiger partial charge in [0.2, 0.25) is 0 Å². The van der Waals surface area contributed by atoms with Gasteiger partial charge in [-0.3, -0.25) is 5.41 Å². The van der Waals surface area contributed by atoms with Crippen molar-refractivity contribution in [3.63, 3.8) is 0 Å². The fraction of sp³-hybridized carbons (Fsp3) is 0.545. The topological polar surface area (TPSA) is 111 Å². The maximum Gasteiger partial charge on any atom is 0.182 e. The van der Waals surface area contributed by atoms with Gasteiger partial charge in [-0.15, -0.1) is 0 Å². The van der Waals surface area contributed by atoms with E-state index < -0.39 is 6.10 Å². The molecular weight excluding hydrogens is 234 g/mol. The standard InChI is InChI=1S/C11H15N5O2/c12-10-9-11(14-4-13-9)15-5-16(10)2-6-1-7(6)8(18)3-17/h4-8,12,17-18H,1-3H2,(H,13,14). The van der Waals surface area contributed by atoms with E-state index in [-0.39, 0.29) is 12.5 Å². The fourth-order valence-corrected chi connectivity index (χ4v) is 2.36. The molecule has 2 aromatic heterocycles. The second-order valence-electron chi connectivity index (χ2n) is 4.76. The highest BCUT2D eigenvalue weighted by atomic mass is 16.3. The fourth-order valence-electron chi connectivity index (χ4n) is 2.36. The van der Waals surface area contributed by atoms with Gasteiger partial charge in [0.25, 0.3) is 0 Å².